The standard InChI is InChI=1S/C18H23N3/c1-18(2)12-16(20-17-10-6-7-11-19-17)14-21(18)13-15-8-4-3-5-9-15/h3-11,16H,12-14H2,1-2H3,(H,19,20). The van der Waals surface area contributed by atoms with E-state index in [2.05, 4.69) is 59.4 Å². The number of anilines is 1. The van der Waals surface area contributed by atoms with Crippen LogP contribution in [0.3, 0.4) is 0 Å². The molecule has 1 atom stereocenters. The Morgan fingerprint density at radius 3 is 2.62 bits per heavy atom. The number of likely N-dealkylation sites (tertiary alicyclic amines) is 1. The summed E-state index contributed by atoms with van der Waals surface area (Å²) < 4.78 is 0. The lowest BCUT2D eigenvalue weighted by Gasteiger charge is -2.31. The Labute approximate surface area is 127 Å². The number of nitrogens with one attached hydrogen (secondary N) is 1. The molecule has 1 saturated heterocycles. The summed E-state index contributed by atoms with van der Waals surface area (Å²) in [5.74, 6) is 0.972. The molecular formula is C18H23N3. The SMILES string of the molecule is CC1(C)CC(Nc2ccccn2)CN1Cc1ccccc1. The van der Waals surface area contributed by atoms with Gasteiger partial charge in [0.25, 0.3) is 0 Å². The minimum absolute atomic E-state index is 0.211. The first kappa shape index (κ1) is 14.1. The van der Waals surface area contributed by atoms with Gasteiger partial charge in [-0.2, -0.15) is 0 Å². The molecule has 3 heteroatoms. The van der Waals surface area contributed by atoms with E-state index in [1.807, 2.05) is 24.4 Å². The predicted molar refractivity (Wildman–Crippen MR) is 87.2 cm³/mol. The Morgan fingerprint density at radius 1 is 1.14 bits per heavy atom. The molecule has 3 rings (SSSR count). The third kappa shape index (κ3) is 3.42. The molecule has 1 aromatic carbocycles. The number of nitrogens with zero attached hydrogens (tertiary/aromatic N) is 2. The second kappa shape index (κ2) is 5.86. The van der Waals surface area contributed by atoms with E-state index in [0.717, 1.165) is 25.3 Å². The molecule has 0 saturated carbocycles. The monoisotopic (exact) mass is 281 g/mol. The van der Waals surface area contributed by atoms with E-state index in [0.29, 0.717) is 6.04 Å². The highest BCUT2D eigenvalue weighted by Gasteiger charge is 2.38. The molecule has 1 unspecified atom stereocenters. The van der Waals surface area contributed by atoms with Crippen molar-refractivity contribution >= 4 is 5.82 Å². The van der Waals surface area contributed by atoms with Crippen LogP contribution in [0.1, 0.15) is 25.8 Å². The van der Waals surface area contributed by atoms with E-state index in [1.165, 1.54) is 5.56 Å². The van der Waals surface area contributed by atoms with Crippen LogP contribution in [0.25, 0.3) is 0 Å². The largest absolute Gasteiger partial charge is 0.366 e. The third-order valence-corrected chi connectivity index (χ3v) is 4.28. The van der Waals surface area contributed by atoms with Crippen molar-refractivity contribution in [1.82, 2.24) is 9.88 Å². The summed E-state index contributed by atoms with van der Waals surface area (Å²) in [6.07, 6.45) is 2.97. The third-order valence-electron chi connectivity index (χ3n) is 4.28. The number of pyridine rings is 1. The fourth-order valence-corrected chi connectivity index (χ4v) is 3.15. The number of hydrogen-bond donors (Lipinski definition) is 1. The maximum Gasteiger partial charge on any atom is 0.126 e. The molecule has 3 nitrogen and oxygen atoms in total. The average Bonchev–Trinajstić information content (AvgIpc) is 2.75. The lowest BCUT2D eigenvalue weighted by molar-refractivity contribution is 0.166. The highest BCUT2D eigenvalue weighted by Crippen LogP contribution is 2.31. The number of benzene rings is 1. The van der Waals surface area contributed by atoms with Crippen LogP contribution in [0, 0.1) is 0 Å². The van der Waals surface area contributed by atoms with Crippen LogP contribution in [0.15, 0.2) is 54.7 Å². The minimum atomic E-state index is 0.211. The number of hydrogen-bond acceptors (Lipinski definition) is 3. The molecule has 0 amide bonds. The molecule has 2 aromatic rings. The quantitative estimate of drug-likeness (QED) is 0.929. The molecule has 1 N–H and O–H groups in total. The first-order chi connectivity index (χ1) is 10.1. The van der Waals surface area contributed by atoms with Crippen molar-refractivity contribution < 1.29 is 0 Å². The van der Waals surface area contributed by atoms with Gasteiger partial charge in [-0.05, 0) is 38.0 Å². The molecule has 1 aliphatic heterocycles. The second-order valence-corrected chi connectivity index (χ2v) is 6.44. The summed E-state index contributed by atoms with van der Waals surface area (Å²) in [5.41, 5.74) is 1.59. The average molecular weight is 281 g/mol. The van der Waals surface area contributed by atoms with E-state index < -0.39 is 0 Å². The Morgan fingerprint density at radius 2 is 1.90 bits per heavy atom. The Balaban J connectivity index is 1.66. The predicted octanol–water partition coefficient (Wildman–Crippen LogP) is 3.55. The van der Waals surface area contributed by atoms with Gasteiger partial charge in [0.1, 0.15) is 5.82 Å². The van der Waals surface area contributed by atoms with Crippen molar-refractivity contribution in [2.24, 2.45) is 0 Å². The van der Waals surface area contributed by atoms with Crippen LogP contribution in [0.2, 0.25) is 0 Å². The first-order valence-electron chi connectivity index (χ1n) is 7.60. The van der Waals surface area contributed by atoms with E-state index in [-0.39, 0.29) is 5.54 Å². The Bertz CT molecular complexity index is 566. The maximum atomic E-state index is 4.37. The van der Waals surface area contributed by atoms with Crippen molar-refractivity contribution in [1.29, 1.82) is 0 Å². The van der Waals surface area contributed by atoms with Gasteiger partial charge in [-0.15, -0.1) is 0 Å². The topological polar surface area (TPSA) is 28.2 Å². The van der Waals surface area contributed by atoms with Crippen LogP contribution in [-0.2, 0) is 6.54 Å². The van der Waals surface area contributed by atoms with Gasteiger partial charge in [-0.25, -0.2) is 4.98 Å². The number of rotatable bonds is 4. The fraction of sp³-hybridized carbons (Fsp3) is 0.389. The smallest absolute Gasteiger partial charge is 0.126 e. The Hall–Kier alpha value is -1.87. The zero-order valence-electron chi connectivity index (χ0n) is 12.8. The van der Waals surface area contributed by atoms with Crippen LogP contribution in [0.5, 0.6) is 0 Å². The van der Waals surface area contributed by atoms with Gasteiger partial charge in [0.2, 0.25) is 0 Å². The fourth-order valence-electron chi connectivity index (χ4n) is 3.15. The van der Waals surface area contributed by atoms with Crippen molar-refractivity contribution in [2.45, 2.75) is 38.4 Å². The van der Waals surface area contributed by atoms with Gasteiger partial charge >= 0.3 is 0 Å². The van der Waals surface area contributed by atoms with Crippen LogP contribution < -0.4 is 5.32 Å². The van der Waals surface area contributed by atoms with Gasteiger partial charge in [0.15, 0.2) is 0 Å². The van der Waals surface area contributed by atoms with Gasteiger partial charge in [-0.3, -0.25) is 4.90 Å². The van der Waals surface area contributed by atoms with Crippen LogP contribution in [-0.4, -0.2) is 28.0 Å². The normalized spacial score (nSPS) is 21.3. The van der Waals surface area contributed by atoms with Crippen molar-refractivity contribution in [3.63, 3.8) is 0 Å². The lowest BCUT2D eigenvalue weighted by Crippen LogP contribution is -2.37. The Kier molecular flexibility index (Phi) is 3.93. The van der Waals surface area contributed by atoms with Gasteiger partial charge in [0.05, 0.1) is 0 Å². The van der Waals surface area contributed by atoms with Crippen molar-refractivity contribution in [3.8, 4) is 0 Å². The minimum Gasteiger partial charge on any atom is -0.366 e. The molecule has 0 radical (unpaired) electrons. The summed E-state index contributed by atoms with van der Waals surface area (Å²) in [7, 11) is 0. The molecule has 1 fully saturated rings. The molecule has 2 heterocycles. The van der Waals surface area contributed by atoms with Crippen molar-refractivity contribution in [3.05, 3.63) is 60.3 Å². The van der Waals surface area contributed by atoms with Crippen molar-refractivity contribution in [2.75, 3.05) is 11.9 Å². The van der Waals surface area contributed by atoms with E-state index in [1.54, 1.807) is 0 Å². The molecule has 0 spiro atoms. The molecule has 0 bridgehead atoms. The molecule has 0 aliphatic carbocycles. The summed E-state index contributed by atoms with van der Waals surface area (Å²) in [4.78, 5) is 6.93. The molecule has 110 valence electrons. The lowest BCUT2D eigenvalue weighted by atomic mass is 10.00. The second-order valence-electron chi connectivity index (χ2n) is 6.44. The van der Waals surface area contributed by atoms with Gasteiger partial charge < -0.3 is 5.32 Å². The highest BCUT2D eigenvalue weighted by molar-refractivity contribution is 5.35. The van der Waals surface area contributed by atoms with Gasteiger partial charge in [0, 0.05) is 30.9 Å². The summed E-state index contributed by atoms with van der Waals surface area (Å²) >= 11 is 0. The van der Waals surface area contributed by atoms with E-state index >= 15 is 0 Å². The summed E-state index contributed by atoms with van der Waals surface area (Å²) in [6.45, 7) is 6.72. The maximum absolute atomic E-state index is 4.37. The zero-order valence-corrected chi connectivity index (χ0v) is 12.8. The van der Waals surface area contributed by atoms with Crippen LogP contribution in [0.4, 0.5) is 5.82 Å². The zero-order chi connectivity index (χ0) is 14.7. The first-order valence-corrected chi connectivity index (χ1v) is 7.60. The molecule has 1 aliphatic rings. The molecular weight excluding hydrogens is 258 g/mol. The summed E-state index contributed by atoms with van der Waals surface area (Å²) in [6, 6.07) is 17.2. The highest BCUT2D eigenvalue weighted by atomic mass is 15.3. The van der Waals surface area contributed by atoms with E-state index in [4.69, 9.17) is 0 Å². The number of aromatic nitrogens is 1. The van der Waals surface area contributed by atoms with Crippen LogP contribution >= 0.6 is 0 Å². The molecule has 21 heavy (non-hydrogen) atoms. The van der Waals surface area contributed by atoms with E-state index in [9.17, 15) is 0 Å². The summed E-state index contributed by atoms with van der Waals surface area (Å²) in [5, 5.41) is 3.56. The van der Waals surface area contributed by atoms with Gasteiger partial charge in [-0.1, -0.05) is 36.4 Å². The molecule has 1 aromatic heterocycles.